The number of primary amides is 1. The van der Waals surface area contributed by atoms with Crippen LogP contribution < -0.4 is 10.5 Å². The Bertz CT molecular complexity index is 510. The molecule has 1 atom stereocenters. The lowest BCUT2D eigenvalue weighted by Gasteiger charge is -2.32. The summed E-state index contributed by atoms with van der Waals surface area (Å²) in [5.74, 6) is -0.499. The van der Waals surface area contributed by atoms with Crippen molar-refractivity contribution < 1.29 is 18.7 Å². The first-order chi connectivity index (χ1) is 9.97. The van der Waals surface area contributed by atoms with Crippen LogP contribution in [0.25, 0.3) is 0 Å². The van der Waals surface area contributed by atoms with Gasteiger partial charge in [0.2, 0.25) is 5.91 Å². The molecule has 6 heteroatoms. The zero-order valence-electron chi connectivity index (χ0n) is 11.9. The van der Waals surface area contributed by atoms with Gasteiger partial charge in [-0.3, -0.25) is 9.59 Å². The number of ether oxygens (including phenoxy) is 1. The summed E-state index contributed by atoms with van der Waals surface area (Å²) < 4.78 is 18.3. The van der Waals surface area contributed by atoms with Crippen molar-refractivity contribution in [2.75, 3.05) is 13.1 Å². The molecule has 1 aromatic carbocycles. The summed E-state index contributed by atoms with van der Waals surface area (Å²) in [5.41, 5.74) is 5.27. The number of rotatable bonds is 4. The maximum Gasteiger partial charge on any atom is 0.263 e. The van der Waals surface area contributed by atoms with Gasteiger partial charge in [-0.1, -0.05) is 0 Å². The Morgan fingerprint density at radius 2 is 1.86 bits per heavy atom. The zero-order chi connectivity index (χ0) is 15.4. The predicted octanol–water partition coefficient (Wildman–Crippen LogP) is 1.32. The van der Waals surface area contributed by atoms with Crippen molar-refractivity contribution in [1.82, 2.24) is 4.90 Å². The number of likely N-dealkylation sites (tertiary alicyclic amines) is 1. The van der Waals surface area contributed by atoms with E-state index in [-0.39, 0.29) is 23.5 Å². The molecule has 0 radical (unpaired) electrons. The number of piperidine rings is 1. The maximum absolute atomic E-state index is 12.8. The van der Waals surface area contributed by atoms with Gasteiger partial charge in [0, 0.05) is 19.0 Å². The van der Waals surface area contributed by atoms with E-state index in [4.69, 9.17) is 10.5 Å². The van der Waals surface area contributed by atoms with Gasteiger partial charge in [0.15, 0.2) is 6.10 Å². The highest BCUT2D eigenvalue weighted by Crippen LogP contribution is 2.19. The van der Waals surface area contributed by atoms with Gasteiger partial charge in [-0.05, 0) is 44.0 Å². The number of amides is 2. The second-order valence-electron chi connectivity index (χ2n) is 5.22. The Labute approximate surface area is 122 Å². The molecule has 0 unspecified atom stereocenters. The van der Waals surface area contributed by atoms with Crippen LogP contribution in [0.15, 0.2) is 24.3 Å². The fourth-order valence-electron chi connectivity index (χ4n) is 2.41. The third-order valence-electron chi connectivity index (χ3n) is 3.68. The number of hydrogen-bond donors (Lipinski definition) is 1. The minimum Gasteiger partial charge on any atom is -0.481 e. The molecule has 2 N–H and O–H groups in total. The minimum absolute atomic E-state index is 0.137. The van der Waals surface area contributed by atoms with Crippen LogP contribution in [0.4, 0.5) is 4.39 Å². The van der Waals surface area contributed by atoms with Gasteiger partial charge in [0.25, 0.3) is 5.91 Å². The molecule has 0 aliphatic carbocycles. The molecule has 0 saturated carbocycles. The van der Waals surface area contributed by atoms with Crippen molar-refractivity contribution in [1.29, 1.82) is 0 Å². The third kappa shape index (κ3) is 3.93. The summed E-state index contributed by atoms with van der Waals surface area (Å²) in [5, 5.41) is 0. The molecule has 21 heavy (non-hydrogen) atoms. The second kappa shape index (κ2) is 6.56. The Hall–Kier alpha value is -2.11. The minimum atomic E-state index is -0.652. The van der Waals surface area contributed by atoms with Crippen molar-refractivity contribution in [3.05, 3.63) is 30.1 Å². The number of carbonyl (C=O) groups is 2. The quantitative estimate of drug-likeness (QED) is 0.910. The average molecular weight is 294 g/mol. The van der Waals surface area contributed by atoms with Crippen LogP contribution in [-0.4, -0.2) is 35.9 Å². The number of carbonyl (C=O) groups excluding carboxylic acids is 2. The molecule has 114 valence electrons. The lowest BCUT2D eigenvalue weighted by atomic mass is 9.96. The van der Waals surface area contributed by atoms with Crippen molar-refractivity contribution in [3.63, 3.8) is 0 Å². The summed E-state index contributed by atoms with van der Waals surface area (Å²) in [6.45, 7) is 2.67. The summed E-state index contributed by atoms with van der Waals surface area (Å²) >= 11 is 0. The van der Waals surface area contributed by atoms with E-state index in [0.29, 0.717) is 31.7 Å². The SMILES string of the molecule is C[C@@H](Oc1ccc(F)cc1)C(=O)N1CCC(C(N)=O)CC1. The molecule has 1 aromatic rings. The molecule has 0 aromatic heterocycles. The highest BCUT2D eigenvalue weighted by molar-refractivity contribution is 5.82. The van der Waals surface area contributed by atoms with E-state index < -0.39 is 6.10 Å². The molecular formula is C15H19FN2O3. The van der Waals surface area contributed by atoms with E-state index in [1.165, 1.54) is 24.3 Å². The fraction of sp³-hybridized carbons (Fsp3) is 0.467. The first-order valence-electron chi connectivity index (χ1n) is 6.97. The van der Waals surface area contributed by atoms with Gasteiger partial charge >= 0.3 is 0 Å². The topological polar surface area (TPSA) is 72.6 Å². The predicted molar refractivity (Wildman–Crippen MR) is 75.0 cm³/mol. The van der Waals surface area contributed by atoms with E-state index in [9.17, 15) is 14.0 Å². The van der Waals surface area contributed by atoms with Crippen LogP contribution in [0.5, 0.6) is 5.75 Å². The number of hydrogen-bond acceptors (Lipinski definition) is 3. The van der Waals surface area contributed by atoms with E-state index in [1.54, 1.807) is 11.8 Å². The number of nitrogens with two attached hydrogens (primary N) is 1. The highest BCUT2D eigenvalue weighted by Gasteiger charge is 2.28. The number of nitrogens with zero attached hydrogens (tertiary/aromatic N) is 1. The van der Waals surface area contributed by atoms with E-state index in [0.717, 1.165) is 0 Å². The molecule has 2 amide bonds. The van der Waals surface area contributed by atoms with E-state index >= 15 is 0 Å². The molecule has 2 rings (SSSR count). The molecule has 1 aliphatic rings. The van der Waals surface area contributed by atoms with Crippen molar-refractivity contribution >= 4 is 11.8 Å². The Kier molecular flexibility index (Phi) is 4.77. The first kappa shape index (κ1) is 15.3. The largest absolute Gasteiger partial charge is 0.481 e. The first-order valence-corrected chi connectivity index (χ1v) is 6.97. The molecule has 0 bridgehead atoms. The standard InChI is InChI=1S/C15H19FN2O3/c1-10(21-13-4-2-12(16)3-5-13)15(20)18-8-6-11(7-9-18)14(17)19/h2-5,10-11H,6-9H2,1H3,(H2,17,19)/t10-/m1/s1. The molecule has 1 saturated heterocycles. The smallest absolute Gasteiger partial charge is 0.263 e. The molecule has 1 fully saturated rings. The Morgan fingerprint density at radius 1 is 1.29 bits per heavy atom. The summed E-state index contributed by atoms with van der Waals surface area (Å²) in [4.78, 5) is 25.0. The second-order valence-corrected chi connectivity index (χ2v) is 5.22. The zero-order valence-corrected chi connectivity index (χ0v) is 11.9. The third-order valence-corrected chi connectivity index (χ3v) is 3.68. The van der Waals surface area contributed by atoms with Gasteiger partial charge in [0.1, 0.15) is 11.6 Å². The summed E-state index contributed by atoms with van der Waals surface area (Å²) in [6.07, 6.45) is 0.523. The Balaban J connectivity index is 1.88. The van der Waals surface area contributed by atoms with Crippen molar-refractivity contribution in [2.45, 2.75) is 25.9 Å². The van der Waals surface area contributed by atoms with Gasteiger partial charge in [-0.2, -0.15) is 0 Å². The summed E-state index contributed by atoms with van der Waals surface area (Å²) in [7, 11) is 0. The van der Waals surface area contributed by atoms with Crippen LogP contribution in [0.1, 0.15) is 19.8 Å². The number of benzene rings is 1. The lowest BCUT2D eigenvalue weighted by Crippen LogP contribution is -2.46. The van der Waals surface area contributed by atoms with Crippen LogP contribution in [0, 0.1) is 11.7 Å². The molecular weight excluding hydrogens is 275 g/mol. The average Bonchev–Trinajstić information content (AvgIpc) is 2.49. The number of halogens is 1. The maximum atomic E-state index is 12.8. The van der Waals surface area contributed by atoms with Crippen LogP contribution in [0.3, 0.4) is 0 Å². The normalized spacial score (nSPS) is 17.3. The molecule has 0 spiro atoms. The van der Waals surface area contributed by atoms with Crippen molar-refractivity contribution in [3.8, 4) is 5.75 Å². The summed E-state index contributed by atoms with van der Waals surface area (Å²) in [6, 6.07) is 5.53. The van der Waals surface area contributed by atoms with Gasteiger partial charge in [0.05, 0.1) is 0 Å². The highest BCUT2D eigenvalue weighted by atomic mass is 19.1. The van der Waals surface area contributed by atoms with E-state index in [2.05, 4.69) is 0 Å². The van der Waals surface area contributed by atoms with Gasteiger partial charge in [-0.25, -0.2) is 4.39 Å². The fourth-order valence-corrected chi connectivity index (χ4v) is 2.41. The van der Waals surface area contributed by atoms with E-state index in [1.807, 2.05) is 0 Å². The molecule has 1 aliphatic heterocycles. The monoisotopic (exact) mass is 294 g/mol. The van der Waals surface area contributed by atoms with Crippen LogP contribution in [-0.2, 0) is 9.59 Å². The Morgan fingerprint density at radius 3 is 2.38 bits per heavy atom. The van der Waals surface area contributed by atoms with Gasteiger partial charge in [-0.15, -0.1) is 0 Å². The van der Waals surface area contributed by atoms with Crippen molar-refractivity contribution in [2.24, 2.45) is 11.7 Å². The van der Waals surface area contributed by atoms with Gasteiger partial charge < -0.3 is 15.4 Å². The molecule has 1 heterocycles. The van der Waals surface area contributed by atoms with Crippen LogP contribution >= 0.6 is 0 Å². The molecule has 5 nitrogen and oxygen atoms in total. The van der Waals surface area contributed by atoms with Crippen LogP contribution in [0.2, 0.25) is 0 Å². The lowest BCUT2D eigenvalue weighted by molar-refractivity contribution is -0.140.